The fraction of sp³-hybridized carbons (Fsp3) is 0.667. The van der Waals surface area contributed by atoms with E-state index in [0.29, 0.717) is 11.7 Å². The monoisotopic (exact) mass is 373 g/mol. The Morgan fingerprint density at radius 3 is 2.44 bits per heavy atom. The van der Waals surface area contributed by atoms with Gasteiger partial charge in [0, 0.05) is 39.1 Å². The summed E-state index contributed by atoms with van der Waals surface area (Å²) in [5, 5.41) is 8.97. The second kappa shape index (κ2) is 8.18. The number of hydrogen-bond donors (Lipinski definition) is 0. The summed E-state index contributed by atoms with van der Waals surface area (Å²) < 4.78 is 12.7. The molecule has 0 saturated carbocycles. The third-order valence-electron chi connectivity index (χ3n) is 5.46. The molecule has 0 amide bonds. The van der Waals surface area contributed by atoms with Gasteiger partial charge in [0.2, 0.25) is 5.95 Å². The van der Waals surface area contributed by atoms with E-state index in [0.717, 1.165) is 76.4 Å². The van der Waals surface area contributed by atoms with Crippen LogP contribution in [0.3, 0.4) is 0 Å². The van der Waals surface area contributed by atoms with Crippen molar-refractivity contribution in [3.8, 4) is 5.75 Å². The Labute approximate surface area is 159 Å². The predicted molar refractivity (Wildman–Crippen MR) is 99.9 cm³/mol. The smallest absolute Gasteiger partial charge is 0.225 e. The van der Waals surface area contributed by atoms with E-state index in [-0.39, 0.29) is 0 Å². The molecule has 2 aromatic heterocycles. The lowest BCUT2D eigenvalue weighted by Crippen LogP contribution is -2.36. The van der Waals surface area contributed by atoms with Gasteiger partial charge in [-0.05, 0) is 12.8 Å². The maximum Gasteiger partial charge on any atom is 0.225 e. The van der Waals surface area contributed by atoms with Gasteiger partial charge in [-0.2, -0.15) is 0 Å². The summed E-state index contributed by atoms with van der Waals surface area (Å²) in [5.41, 5.74) is 0. The lowest BCUT2D eigenvalue weighted by Gasteiger charge is -2.31. The molecule has 2 aliphatic heterocycles. The van der Waals surface area contributed by atoms with Crippen LogP contribution in [0.4, 0.5) is 5.95 Å². The molecule has 0 unspecified atom stereocenters. The van der Waals surface area contributed by atoms with Gasteiger partial charge in [-0.25, -0.2) is 9.97 Å². The molecular weight excluding hydrogens is 346 g/mol. The minimum Gasteiger partial charge on any atom is -0.494 e. The van der Waals surface area contributed by atoms with Crippen molar-refractivity contribution in [1.29, 1.82) is 0 Å². The Morgan fingerprint density at radius 2 is 1.78 bits per heavy atom. The standard InChI is InChI=1S/C18H27N7O2/c1-23-16(13-24-7-9-27-10-8-24)21-22-17(23)14-3-5-25(6-4-14)18-19-11-15(26-2)12-20-18/h11-12,14H,3-10,13H2,1-2H3. The fourth-order valence-corrected chi connectivity index (χ4v) is 3.74. The fourth-order valence-electron chi connectivity index (χ4n) is 3.74. The van der Waals surface area contributed by atoms with E-state index in [9.17, 15) is 0 Å². The number of ether oxygens (including phenoxy) is 2. The Kier molecular flexibility index (Phi) is 5.49. The molecule has 0 radical (unpaired) electrons. The van der Waals surface area contributed by atoms with Crippen molar-refractivity contribution in [1.82, 2.24) is 29.6 Å². The van der Waals surface area contributed by atoms with Gasteiger partial charge in [0.1, 0.15) is 11.6 Å². The molecule has 0 atom stereocenters. The van der Waals surface area contributed by atoms with Crippen LogP contribution in [0, 0.1) is 0 Å². The van der Waals surface area contributed by atoms with Crippen molar-refractivity contribution >= 4 is 5.95 Å². The van der Waals surface area contributed by atoms with Crippen LogP contribution >= 0.6 is 0 Å². The van der Waals surface area contributed by atoms with Crippen LogP contribution in [0.5, 0.6) is 5.75 Å². The first-order chi connectivity index (χ1) is 13.2. The van der Waals surface area contributed by atoms with E-state index in [1.54, 1.807) is 19.5 Å². The molecule has 9 nitrogen and oxygen atoms in total. The first-order valence-corrected chi connectivity index (χ1v) is 9.54. The molecule has 2 fully saturated rings. The van der Waals surface area contributed by atoms with Crippen molar-refractivity contribution in [2.75, 3.05) is 51.4 Å². The van der Waals surface area contributed by atoms with Crippen LogP contribution in [0.25, 0.3) is 0 Å². The summed E-state index contributed by atoms with van der Waals surface area (Å²) in [6.07, 6.45) is 5.49. The normalized spacial score (nSPS) is 19.4. The van der Waals surface area contributed by atoms with E-state index in [4.69, 9.17) is 9.47 Å². The third-order valence-corrected chi connectivity index (χ3v) is 5.46. The highest BCUT2D eigenvalue weighted by Crippen LogP contribution is 2.28. The number of hydrogen-bond acceptors (Lipinski definition) is 8. The Morgan fingerprint density at radius 1 is 1.07 bits per heavy atom. The van der Waals surface area contributed by atoms with Gasteiger partial charge in [0.05, 0.1) is 39.3 Å². The Bertz CT molecular complexity index is 735. The molecular formula is C18H27N7O2. The van der Waals surface area contributed by atoms with Gasteiger partial charge in [-0.15, -0.1) is 10.2 Å². The van der Waals surface area contributed by atoms with Crippen LogP contribution < -0.4 is 9.64 Å². The largest absolute Gasteiger partial charge is 0.494 e. The summed E-state index contributed by atoms with van der Waals surface area (Å²) in [6, 6.07) is 0. The number of methoxy groups -OCH3 is 1. The number of anilines is 1. The minimum atomic E-state index is 0.426. The van der Waals surface area contributed by atoms with Crippen molar-refractivity contribution in [3.63, 3.8) is 0 Å². The third kappa shape index (κ3) is 4.03. The molecule has 0 spiro atoms. The van der Waals surface area contributed by atoms with Crippen molar-refractivity contribution < 1.29 is 9.47 Å². The Hall–Kier alpha value is -2.26. The van der Waals surface area contributed by atoms with Gasteiger partial charge in [0.15, 0.2) is 5.75 Å². The first-order valence-electron chi connectivity index (χ1n) is 9.54. The maximum absolute atomic E-state index is 5.42. The van der Waals surface area contributed by atoms with E-state index in [1.165, 1.54) is 0 Å². The van der Waals surface area contributed by atoms with E-state index < -0.39 is 0 Å². The van der Waals surface area contributed by atoms with Gasteiger partial charge in [-0.3, -0.25) is 4.90 Å². The van der Waals surface area contributed by atoms with E-state index >= 15 is 0 Å². The number of morpholine rings is 1. The second-order valence-electron chi connectivity index (χ2n) is 7.11. The van der Waals surface area contributed by atoms with Crippen molar-refractivity contribution in [2.45, 2.75) is 25.3 Å². The molecule has 2 aliphatic rings. The molecule has 9 heteroatoms. The molecule has 0 bridgehead atoms. The molecule has 146 valence electrons. The lowest BCUT2D eigenvalue weighted by molar-refractivity contribution is 0.0326. The molecule has 2 saturated heterocycles. The quantitative estimate of drug-likeness (QED) is 0.762. The zero-order valence-electron chi connectivity index (χ0n) is 16.0. The summed E-state index contributed by atoms with van der Waals surface area (Å²) in [4.78, 5) is 13.4. The average Bonchev–Trinajstić information content (AvgIpc) is 3.09. The average molecular weight is 373 g/mol. The van der Waals surface area contributed by atoms with Gasteiger partial charge >= 0.3 is 0 Å². The van der Waals surface area contributed by atoms with E-state index in [2.05, 4.69) is 41.6 Å². The zero-order chi connectivity index (χ0) is 18.6. The minimum absolute atomic E-state index is 0.426. The molecule has 27 heavy (non-hydrogen) atoms. The van der Waals surface area contributed by atoms with Gasteiger partial charge in [0.25, 0.3) is 0 Å². The molecule has 0 N–H and O–H groups in total. The van der Waals surface area contributed by atoms with Crippen LogP contribution in [0.15, 0.2) is 12.4 Å². The number of aromatic nitrogens is 5. The maximum atomic E-state index is 5.42. The van der Waals surface area contributed by atoms with Crippen LogP contribution in [0.2, 0.25) is 0 Å². The lowest BCUT2D eigenvalue weighted by atomic mass is 9.96. The summed E-state index contributed by atoms with van der Waals surface area (Å²) in [6.45, 7) is 6.20. The molecule has 2 aromatic rings. The first kappa shape index (κ1) is 18.1. The SMILES string of the molecule is COc1cnc(N2CCC(c3nnc(CN4CCOCC4)n3C)CC2)nc1. The summed E-state index contributed by atoms with van der Waals surface area (Å²) in [7, 11) is 3.71. The van der Waals surface area contributed by atoms with E-state index in [1.807, 2.05) is 0 Å². The molecule has 4 heterocycles. The zero-order valence-corrected chi connectivity index (χ0v) is 16.0. The number of nitrogens with zero attached hydrogens (tertiary/aromatic N) is 7. The van der Waals surface area contributed by atoms with Crippen LogP contribution in [-0.2, 0) is 18.3 Å². The number of piperidine rings is 1. The number of rotatable bonds is 5. The van der Waals surface area contributed by atoms with Crippen LogP contribution in [0.1, 0.15) is 30.4 Å². The van der Waals surface area contributed by atoms with Gasteiger partial charge in [-0.1, -0.05) is 0 Å². The predicted octanol–water partition coefficient (Wildman–Crippen LogP) is 0.830. The Balaban J connectivity index is 1.36. The van der Waals surface area contributed by atoms with Crippen molar-refractivity contribution in [2.24, 2.45) is 7.05 Å². The highest BCUT2D eigenvalue weighted by atomic mass is 16.5. The molecule has 0 aromatic carbocycles. The summed E-state index contributed by atoms with van der Waals surface area (Å²) >= 11 is 0. The highest BCUT2D eigenvalue weighted by Gasteiger charge is 2.26. The topological polar surface area (TPSA) is 81.4 Å². The van der Waals surface area contributed by atoms with Gasteiger partial charge < -0.3 is 18.9 Å². The summed E-state index contributed by atoms with van der Waals surface area (Å²) in [5.74, 6) is 4.00. The highest BCUT2D eigenvalue weighted by molar-refractivity contribution is 5.32. The molecule has 0 aliphatic carbocycles. The molecule has 4 rings (SSSR count). The van der Waals surface area contributed by atoms with Crippen LogP contribution in [-0.4, -0.2) is 76.1 Å². The van der Waals surface area contributed by atoms with Crippen molar-refractivity contribution in [3.05, 3.63) is 24.0 Å². The second-order valence-corrected chi connectivity index (χ2v) is 7.11.